The molecule has 0 aliphatic rings. The van der Waals surface area contributed by atoms with Crippen molar-refractivity contribution >= 4 is 33.4 Å². The molecule has 5 nitrogen and oxygen atoms in total. The number of hydrogen-bond acceptors (Lipinski definition) is 3. The molecule has 2 aromatic rings. The minimum absolute atomic E-state index is 0.207. The average Bonchev–Trinajstić information content (AvgIpc) is 2.56. The van der Waals surface area contributed by atoms with Crippen molar-refractivity contribution in [3.63, 3.8) is 0 Å². The quantitative estimate of drug-likeness (QED) is 0.761. The number of methoxy groups -OCH3 is 1. The third-order valence-electron chi connectivity index (χ3n) is 3.08. The fourth-order valence-corrected chi connectivity index (χ4v) is 2.18. The van der Waals surface area contributed by atoms with Gasteiger partial charge < -0.3 is 15.4 Å². The Labute approximate surface area is 143 Å². The molecule has 0 spiro atoms. The molecule has 0 aromatic heterocycles. The zero-order chi connectivity index (χ0) is 16.7. The van der Waals surface area contributed by atoms with Gasteiger partial charge in [-0.25, -0.2) is 0 Å². The first-order valence-corrected chi connectivity index (χ1v) is 7.83. The number of nitrogens with one attached hydrogen (secondary N) is 2. The van der Waals surface area contributed by atoms with Crippen LogP contribution in [0.2, 0.25) is 0 Å². The molecule has 0 atom stereocenters. The van der Waals surface area contributed by atoms with Gasteiger partial charge in [0.1, 0.15) is 0 Å². The Morgan fingerprint density at radius 1 is 1.04 bits per heavy atom. The summed E-state index contributed by atoms with van der Waals surface area (Å²) >= 11 is 3.33. The molecule has 0 heterocycles. The molecule has 120 valence electrons. The van der Waals surface area contributed by atoms with Crippen LogP contribution in [0, 0.1) is 0 Å². The molecule has 0 bridgehead atoms. The molecule has 23 heavy (non-hydrogen) atoms. The van der Waals surface area contributed by atoms with Gasteiger partial charge in [-0.05, 0) is 42.5 Å². The summed E-state index contributed by atoms with van der Waals surface area (Å²) in [6, 6.07) is 13.8. The highest BCUT2D eigenvalue weighted by molar-refractivity contribution is 9.10. The molecule has 2 aromatic carbocycles. The maximum absolute atomic E-state index is 12.2. The van der Waals surface area contributed by atoms with Crippen LogP contribution in [0.4, 0.5) is 5.69 Å². The van der Waals surface area contributed by atoms with Crippen LogP contribution in [0.15, 0.2) is 53.0 Å². The van der Waals surface area contributed by atoms with E-state index in [9.17, 15) is 9.59 Å². The minimum Gasteiger partial charge on any atom is -0.383 e. The maximum atomic E-state index is 12.2. The first-order chi connectivity index (χ1) is 11.1. The standard InChI is InChI=1S/C17H17BrN2O3/c1-23-10-9-19-16(21)13-3-2-4-15(11-13)20-17(22)12-5-7-14(18)8-6-12/h2-8,11H,9-10H2,1H3,(H,19,21)(H,20,22). The normalized spacial score (nSPS) is 10.2. The third-order valence-corrected chi connectivity index (χ3v) is 3.61. The van der Waals surface area contributed by atoms with Crippen molar-refractivity contribution in [3.05, 3.63) is 64.1 Å². The lowest BCUT2D eigenvalue weighted by atomic mass is 10.1. The summed E-state index contributed by atoms with van der Waals surface area (Å²) in [5, 5.41) is 5.52. The lowest BCUT2D eigenvalue weighted by Crippen LogP contribution is -2.27. The highest BCUT2D eigenvalue weighted by atomic mass is 79.9. The first-order valence-electron chi connectivity index (χ1n) is 7.04. The van der Waals surface area contributed by atoms with Crippen molar-refractivity contribution in [1.29, 1.82) is 0 Å². The van der Waals surface area contributed by atoms with Gasteiger partial charge in [0.05, 0.1) is 6.61 Å². The van der Waals surface area contributed by atoms with Crippen LogP contribution in [0.3, 0.4) is 0 Å². The van der Waals surface area contributed by atoms with Crippen LogP contribution < -0.4 is 10.6 Å². The first kappa shape index (κ1) is 17.2. The predicted octanol–water partition coefficient (Wildman–Crippen LogP) is 3.08. The molecule has 2 rings (SSSR count). The maximum Gasteiger partial charge on any atom is 0.255 e. The van der Waals surface area contributed by atoms with Gasteiger partial charge >= 0.3 is 0 Å². The fraction of sp³-hybridized carbons (Fsp3) is 0.176. The number of carbonyl (C=O) groups excluding carboxylic acids is 2. The molecule has 2 amide bonds. The van der Waals surface area contributed by atoms with Crippen LogP contribution >= 0.6 is 15.9 Å². The van der Waals surface area contributed by atoms with E-state index in [-0.39, 0.29) is 11.8 Å². The Morgan fingerprint density at radius 3 is 2.48 bits per heavy atom. The SMILES string of the molecule is COCCNC(=O)c1cccc(NC(=O)c2ccc(Br)cc2)c1. The number of benzene rings is 2. The van der Waals surface area contributed by atoms with E-state index < -0.39 is 0 Å². The van der Waals surface area contributed by atoms with Crippen LogP contribution in [-0.4, -0.2) is 32.1 Å². The van der Waals surface area contributed by atoms with Gasteiger partial charge in [0, 0.05) is 34.9 Å². The Hall–Kier alpha value is -2.18. The van der Waals surface area contributed by atoms with E-state index in [1.54, 1.807) is 55.6 Å². The van der Waals surface area contributed by atoms with Crippen LogP contribution in [0.5, 0.6) is 0 Å². The van der Waals surface area contributed by atoms with Gasteiger partial charge in [-0.3, -0.25) is 9.59 Å². The highest BCUT2D eigenvalue weighted by Crippen LogP contribution is 2.14. The summed E-state index contributed by atoms with van der Waals surface area (Å²) in [7, 11) is 1.57. The lowest BCUT2D eigenvalue weighted by Gasteiger charge is -2.08. The highest BCUT2D eigenvalue weighted by Gasteiger charge is 2.09. The third kappa shape index (κ3) is 5.19. The number of rotatable bonds is 6. The van der Waals surface area contributed by atoms with Gasteiger partial charge in [0.15, 0.2) is 0 Å². The van der Waals surface area contributed by atoms with E-state index in [1.165, 1.54) is 0 Å². The zero-order valence-corrected chi connectivity index (χ0v) is 14.2. The molecule has 2 N–H and O–H groups in total. The number of carbonyl (C=O) groups is 2. The summed E-state index contributed by atoms with van der Waals surface area (Å²) in [4.78, 5) is 24.2. The Morgan fingerprint density at radius 2 is 1.78 bits per heavy atom. The number of amides is 2. The van der Waals surface area contributed by atoms with Crippen LogP contribution in [0.1, 0.15) is 20.7 Å². The molecule has 0 saturated heterocycles. The summed E-state index contributed by atoms with van der Waals surface area (Å²) in [6.45, 7) is 0.885. The second-order valence-corrected chi connectivity index (χ2v) is 5.71. The number of anilines is 1. The molecule has 6 heteroatoms. The topological polar surface area (TPSA) is 67.4 Å². The van der Waals surface area contributed by atoms with Crippen molar-refractivity contribution < 1.29 is 14.3 Å². The number of ether oxygens (including phenoxy) is 1. The van der Waals surface area contributed by atoms with Gasteiger partial charge in [-0.15, -0.1) is 0 Å². The van der Waals surface area contributed by atoms with E-state index >= 15 is 0 Å². The van der Waals surface area contributed by atoms with Gasteiger partial charge in [-0.1, -0.05) is 22.0 Å². The average molecular weight is 377 g/mol. The van der Waals surface area contributed by atoms with Gasteiger partial charge in [-0.2, -0.15) is 0 Å². The van der Waals surface area contributed by atoms with Crippen molar-refractivity contribution in [2.45, 2.75) is 0 Å². The second kappa shape index (κ2) is 8.45. The van der Waals surface area contributed by atoms with Gasteiger partial charge in [0.2, 0.25) is 0 Å². The smallest absolute Gasteiger partial charge is 0.255 e. The molecule has 0 unspecified atom stereocenters. The van der Waals surface area contributed by atoms with Crippen molar-refractivity contribution in [1.82, 2.24) is 5.32 Å². The van der Waals surface area contributed by atoms with E-state index in [0.29, 0.717) is 30.0 Å². The summed E-state index contributed by atoms with van der Waals surface area (Å²) in [6.07, 6.45) is 0. The molecule has 0 fully saturated rings. The number of halogens is 1. The van der Waals surface area contributed by atoms with E-state index in [1.807, 2.05) is 0 Å². The number of hydrogen-bond donors (Lipinski definition) is 2. The molecular formula is C17H17BrN2O3. The monoisotopic (exact) mass is 376 g/mol. The van der Waals surface area contributed by atoms with Crippen LogP contribution in [0.25, 0.3) is 0 Å². The van der Waals surface area contributed by atoms with E-state index in [2.05, 4.69) is 26.6 Å². The van der Waals surface area contributed by atoms with Crippen molar-refractivity contribution in [3.8, 4) is 0 Å². The van der Waals surface area contributed by atoms with Gasteiger partial charge in [0.25, 0.3) is 11.8 Å². The Balaban J connectivity index is 2.03. The molecule has 0 aliphatic heterocycles. The minimum atomic E-state index is -0.227. The molecule has 0 aliphatic carbocycles. The van der Waals surface area contributed by atoms with Crippen molar-refractivity contribution in [2.75, 3.05) is 25.6 Å². The van der Waals surface area contributed by atoms with E-state index in [4.69, 9.17) is 4.74 Å². The van der Waals surface area contributed by atoms with Crippen LogP contribution in [-0.2, 0) is 4.74 Å². The predicted molar refractivity (Wildman–Crippen MR) is 92.7 cm³/mol. The largest absolute Gasteiger partial charge is 0.383 e. The summed E-state index contributed by atoms with van der Waals surface area (Å²) in [5.74, 6) is -0.434. The molecule has 0 radical (unpaired) electrons. The Kier molecular flexibility index (Phi) is 6.31. The van der Waals surface area contributed by atoms with E-state index in [0.717, 1.165) is 4.47 Å². The molecule has 0 saturated carbocycles. The zero-order valence-electron chi connectivity index (χ0n) is 12.6. The molecular weight excluding hydrogens is 360 g/mol. The summed E-state index contributed by atoms with van der Waals surface area (Å²) < 4.78 is 5.79. The Bertz CT molecular complexity index is 686. The fourth-order valence-electron chi connectivity index (χ4n) is 1.91. The summed E-state index contributed by atoms with van der Waals surface area (Å²) in [5.41, 5.74) is 1.59. The van der Waals surface area contributed by atoms with Crippen molar-refractivity contribution in [2.24, 2.45) is 0 Å². The lowest BCUT2D eigenvalue weighted by molar-refractivity contribution is 0.0936. The second-order valence-electron chi connectivity index (χ2n) is 4.79.